The van der Waals surface area contributed by atoms with E-state index in [1.165, 1.54) is 161 Å². The second-order valence-corrected chi connectivity index (χ2v) is 21.0. The number of unbranched alkanes of at least 4 members (excludes halogenated alkanes) is 26. The molecule has 0 heterocycles. The van der Waals surface area contributed by atoms with E-state index in [0.29, 0.717) is 17.4 Å². The number of aliphatic hydroxyl groups is 1. The molecule has 3 unspecified atom stereocenters. The van der Waals surface area contributed by atoms with E-state index in [4.69, 9.17) is 9.05 Å². The molecule has 0 aromatic heterocycles. The van der Waals surface area contributed by atoms with Crippen molar-refractivity contribution in [1.82, 2.24) is 5.32 Å². The maximum absolute atomic E-state index is 12.8. The molecule has 0 saturated carbocycles. The second-order valence-electron chi connectivity index (χ2n) is 19.6. The standard InChI is InChI=1S/C57H105N2O6P/c1-6-8-10-12-14-16-18-20-21-22-23-24-25-26-27-28-29-30-31-32-33-34-35-36-37-39-40-42-44-46-48-50-56(60)55(54-65-66(62,63)64-53-52-59(3,4)5)58-57(61)51-49-47-45-43-41-38-19-17-15-13-11-9-7-2/h9,11,15,17,38,40-42,45,47-48,50,55-56,60H,6-8,10,12-14,16,18-37,39,43-44,46,49,51-54H2,1-5H3,(H-,58,61,62,63)/p+1/b11-9-,17-15-,41-38-,42-40+,47-45-,50-48+. The summed E-state index contributed by atoms with van der Waals surface area (Å²) in [6.07, 6.45) is 66.2. The molecular weight excluding hydrogens is 840 g/mol. The van der Waals surface area contributed by atoms with Gasteiger partial charge >= 0.3 is 7.82 Å². The lowest BCUT2D eigenvalue weighted by atomic mass is 10.0. The van der Waals surface area contributed by atoms with Crippen molar-refractivity contribution in [3.8, 4) is 0 Å². The molecule has 384 valence electrons. The number of rotatable bonds is 49. The minimum atomic E-state index is -4.37. The van der Waals surface area contributed by atoms with Crippen molar-refractivity contribution in [2.75, 3.05) is 40.9 Å². The third kappa shape index (κ3) is 49.8. The number of hydrogen-bond donors (Lipinski definition) is 3. The van der Waals surface area contributed by atoms with E-state index in [0.717, 1.165) is 44.9 Å². The number of phosphoric acid groups is 1. The van der Waals surface area contributed by atoms with Gasteiger partial charge in [0.15, 0.2) is 0 Å². The number of hydrogen-bond acceptors (Lipinski definition) is 5. The number of amides is 1. The van der Waals surface area contributed by atoms with Crippen LogP contribution in [0.15, 0.2) is 72.9 Å². The van der Waals surface area contributed by atoms with E-state index >= 15 is 0 Å². The Hall–Kier alpha value is -2.06. The quantitative estimate of drug-likeness (QED) is 0.0243. The molecule has 9 heteroatoms. The van der Waals surface area contributed by atoms with E-state index in [-0.39, 0.29) is 25.5 Å². The summed E-state index contributed by atoms with van der Waals surface area (Å²) in [6, 6.07) is -0.905. The average Bonchev–Trinajstić information content (AvgIpc) is 3.28. The van der Waals surface area contributed by atoms with Crippen LogP contribution in [0.3, 0.4) is 0 Å². The Morgan fingerprint density at radius 2 is 0.924 bits per heavy atom. The molecule has 0 aliphatic heterocycles. The number of allylic oxidation sites excluding steroid dienone is 11. The van der Waals surface area contributed by atoms with Gasteiger partial charge in [0, 0.05) is 6.42 Å². The molecule has 0 aliphatic rings. The SMILES string of the molecule is CC/C=C\C/C=C\C/C=C\C/C=C\CCC(=O)NC(COP(=O)(O)OCC[N+](C)(C)C)C(O)/C=C/CC/C=C/CCCCCCCCCCCCCCCCCCCCCCCCCCC. The van der Waals surface area contributed by atoms with E-state index in [9.17, 15) is 19.4 Å². The summed E-state index contributed by atoms with van der Waals surface area (Å²) in [5.41, 5.74) is 0. The topological polar surface area (TPSA) is 105 Å². The molecule has 1 amide bonds. The second kappa shape index (κ2) is 48.0. The third-order valence-corrected chi connectivity index (χ3v) is 12.9. The monoisotopic (exact) mass is 946 g/mol. The summed E-state index contributed by atoms with van der Waals surface area (Å²) in [7, 11) is 1.51. The third-order valence-electron chi connectivity index (χ3n) is 11.9. The van der Waals surface area contributed by atoms with Crippen molar-refractivity contribution in [1.29, 1.82) is 0 Å². The highest BCUT2D eigenvalue weighted by Gasteiger charge is 2.27. The van der Waals surface area contributed by atoms with Gasteiger partial charge in [-0.25, -0.2) is 4.57 Å². The Bertz CT molecular complexity index is 1300. The Kier molecular flexibility index (Phi) is 46.5. The van der Waals surface area contributed by atoms with Crippen LogP contribution in [0, 0.1) is 0 Å². The van der Waals surface area contributed by atoms with Crippen LogP contribution in [0.5, 0.6) is 0 Å². The van der Waals surface area contributed by atoms with Crippen LogP contribution in [0.1, 0.15) is 232 Å². The highest BCUT2D eigenvalue weighted by atomic mass is 31.2. The highest BCUT2D eigenvalue weighted by Crippen LogP contribution is 2.43. The number of phosphoric ester groups is 1. The molecule has 0 aromatic carbocycles. The molecule has 66 heavy (non-hydrogen) atoms. The summed E-state index contributed by atoms with van der Waals surface area (Å²) < 4.78 is 23.6. The van der Waals surface area contributed by atoms with Crippen molar-refractivity contribution in [3.63, 3.8) is 0 Å². The summed E-state index contributed by atoms with van der Waals surface area (Å²) in [5.74, 6) is -0.268. The smallest absolute Gasteiger partial charge is 0.387 e. The molecule has 0 bridgehead atoms. The van der Waals surface area contributed by atoms with Crippen molar-refractivity contribution < 1.29 is 32.9 Å². The average molecular weight is 946 g/mol. The van der Waals surface area contributed by atoms with Gasteiger partial charge in [0.2, 0.25) is 5.91 Å². The van der Waals surface area contributed by atoms with Gasteiger partial charge < -0.3 is 19.8 Å². The minimum Gasteiger partial charge on any atom is -0.387 e. The van der Waals surface area contributed by atoms with Gasteiger partial charge in [0.25, 0.3) is 0 Å². The zero-order valence-electron chi connectivity index (χ0n) is 43.7. The summed E-state index contributed by atoms with van der Waals surface area (Å²) in [6.45, 7) is 4.62. The number of quaternary nitrogens is 1. The van der Waals surface area contributed by atoms with Crippen molar-refractivity contribution >= 4 is 13.7 Å². The summed E-state index contributed by atoms with van der Waals surface area (Å²) in [5, 5.41) is 13.8. The molecular formula is C57H106N2O6P+. The fourth-order valence-electron chi connectivity index (χ4n) is 7.66. The number of carbonyl (C=O) groups is 1. The molecule has 0 saturated heterocycles. The van der Waals surface area contributed by atoms with Gasteiger partial charge in [0.05, 0.1) is 39.9 Å². The van der Waals surface area contributed by atoms with E-state index in [1.807, 2.05) is 39.4 Å². The van der Waals surface area contributed by atoms with Crippen LogP contribution in [0.2, 0.25) is 0 Å². The number of carbonyl (C=O) groups excluding carboxylic acids is 1. The van der Waals surface area contributed by atoms with Gasteiger partial charge in [-0.15, -0.1) is 0 Å². The number of likely N-dealkylation sites (N-methyl/N-ethyl adjacent to an activating group) is 1. The van der Waals surface area contributed by atoms with Crippen LogP contribution in [-0.2, 0) is 18.4 Å². The zero-order valence-corrected chi connectivity index (χ0v) is 44.6. The van der Waals surface area contributed by atoms with Crippen LogP contribution in [-0.4, -0.2) is 73.4 Å². The predicted molar refractivity (Wildman–Crippen MR) is 286 cm³/mol. The first kappa shape index (κ1) is 63.9. The maximum atomic E-state index is 12.8. The zero-order chi connectivity index (χ0) is 48.5. The Morgan fingerprint density at radius 3 is 1.38 bits per heavy atom. The van der Waals surface area contributed by atoms with Gasteiger partial charge in [-0.05, 0) is 57.8 Å². The predicted octanol–water partition coefficient (Wildman–Crippen LogP) is 16.3. The Balaban J connectivity index is 4.20. The van der Waals surface area contributed by atoms with Gasteiger partial charge in [-0.1, -0.05) is 241 Å². The summed E-state index contributed by atoms with van der Waals surface area (Å²) in [4.78, 5) is 23.1. The minimum absolute atomic E-state index is 0.0405. The number of nitrogens with zero attached hydrogens (tertiary/aromatic N) is 1. The first-order chi connectivity index (χ1) is 32.0. The first-order valence-corrected chi connectivity index (χ1v) is 28.8. The number of aliphatic hydroxyl groups excluding tert-OH is 1. The van der Waals surface area contributed by atoms with Crippen LogP contribution < -0.4 is 5.32 Å². The normalized spacial score (nSPS) is 14.6. The molecule has 0 spiro atoms. The molecule has 3 N–H and O–H groups in total. The molecule has 0 aliphatic carbocycles. The van der Waals surface area contributed by atoms with Crippen molar-refractivity contribution in [2.45, 2.75) is 244 Å². The molecule has 8 nitrogen and oxygen atoms in total. The van der Waals surface area contributed by atoms with Crippen LogP contribution in [0.25, 0.3) is 0 Å². The fraction of sp³-hybridized carbons (Fsp3) is 0.772. The van der Waals surface area contributed by atoms with Crippen LogP contribution >= 0.6 is 7.82 Å². The first-order valence-electron chi connectivity index (χ1n) is 27.3. The molecule has 0 radical (unpaired) electrons. The van der Waals surface area contributed by atoms with Gasteiger partial charge in [-0.2, -0.15) is 0 Å². The molecule has 0 aromatic rings. The number of nitrogens with one attached hydrogen (secondary N) is 1. The maximum Gasteiger partial charge on any atom is 0.472 e. The lowest BCUT2D eigenvalue weighted by molar-refractivity contribution is -0.870. The van der Waals surface area contributed by atoms with Gasteiger partial charge in [0.1, 0.15) is 13.2 Å². The molecule has 0 fully saturated rings. The fourth-order valence-corrected chi connectivity index (χ4v) is 8.39. The van der Waals surface area contributed by atoms with Crippen molar-refractivity contribution in [2.24, 2.45) is 0 Å². The van der Waals surface area contributed by atoms with Crippen LogP contribution in [0.4, 0.5) is 0 Å². The lowest BCUT2D eigenvalue weighted by Gasteiger charge is -2.25. The Labute approximate surface area is 408 Å². The lowest BCUT2D eigenvalue weighted by Crippen LogP contribution is -2.45. The van der Waals surface area contributed by atoms with E-state index < -0.39 is 20.0 Å². The van der Waals surface area contributed by atoms with E-state index in [1.54, 1.807) is 6.08 Å². The molecule has 3 atom stereocenters. The van der Waals surface area contributed by atoms with E-state index in [2.05, 4.69) is 67.8 Å². The molecule has 0 rings (SSSR count). The van der Waals surface area contributed by atoms with Crippen molar-refractivity contribution in [3.05, 3.63) is 72.9 Å². The largest absolute Gasteiger partial charge is 0.472 e. The van der Waals surface area contributed by atoms with Gasteiger partial charge in [-0.3, -0.25) is 13.8 Å². The Morgan fingerprint density at radius 1 is 0.530 bits per heavy atom. The summed E-state index contributed by atoms with van der Waals surface area (Å²) >= 11 is 0. The highest BCUT2D eigenvalue weighted by molar-refractivity contribution is 7.47.